The molecule has 3 aromatic rings. The normalized spacial score (nSPS) is 16.2. The van der Waals surface area contributed by atoms with Gasteiger partial charge in [-0.15, -0.1) is 0 Å². The maximum atomic E-state index is 14.4. The summed E-state index contributed by atoms with van der Waals surface area (Å²) in [7, 11) is 0. The predicted molar refractivity (Wildman–Crippen MR) is 89.5 cm³/mol. The van der Waals surface area contributed by atoms with E-state index >= 15 is 0 Å². The van der Waals surface area contributed by atoms with Crippen molar-refractivity contribution >= 4 is 11.6 Å². The van der Waals surface area contributed by atoms with Crippen LogP contribution in [0.5, 0.6) is 5.75 Å². The minimum atomic E-state index is -0.537. The molecule has 0 saturated heterocycles. The largest absolute Gasteiger partial charge is 0.489 e. The van der Waals surface area contributed by atoms with Gasteiger partial charge in [0.1, 0.15) is 36.5 Å². The fraction of sp³-hybridized carbons (Fsp3) is 0.167. The monoisotopic (exact) mass is 338 g/mol. The molecule has 1 aromatic heterocycles. The van der Waals surface area contributed by atoms with Crippen LogP contribution in [0.3, 0.4) is 0 Å². The van der Waals surface area contributed by atoms with Crippen LogP contribution in [0.1, 0.15) is 17.3 Å². The summed E-state index contributed by atoms with van der Waals surface area (Å²) in [5.74, 6) is -0.161. The SMILES string of the molecule is CC1COc2ccccc2N1C(=O)c1ccc(-n2cncn2)c(F)c1. The first-order valence-corrected chi connectivity index (χ1v) is 7.85. The Morgan fingerprint density at radius 2 is 2.08 bits per heavy atom. The van der Waals surface area contributed by atoms with Gasteiger partial charge in [0.25, 0.3) is 5.91 Å². The first kappa shape index (κ1) is 15.3. The number of halogens is 1. The van der Waals surface area contributed by atoms with Crippen molar-refractivity contribution in [3.63, 3.8) is 0 Å². The zero-order valence-corrected chi connectivity index (χ0v) is 13.5. The number of benzene rings is 2. The number of nitrogens with zero attached hydrogens (tertiary/aromatic N) is 4. The molecule has 1 aliphatic rings. The standard InChI is InChI=1S/C18H15FN4O2/c1-12-9-25-17-5-3-2-4-16(17)23(12)18(24)13-6-7-15(14(19)8-13)22-11-20-10-21-22/h2-8,10-12H,9H2,1H3. The number of amides is 1. The molecule has 0 spiro atoms. The summed E-state index contributed by atoms with van der Waals surface area (Å²) in [5, 5.41) is 3.91. The number of anilines is 1. The van der Waals surface area contributed by atoms with Crippen LogP contribution >= 0.6 is 0 Å². The fourth-order valence-corrected chi connectivity index (χ4v) is 2.91. The van der Waals surface area contributed by atoms with Crippen LogP contribution in [0, 0.1) is 5.82 Å². The van der Waals surface area contributed by atoms with Gasteiger partial charge in [0.2, 0.25) is 0 Å². The molecule has 1 aliphatic heterocycles. The van der Waals surface area contributed by atoms with E-state index in [-0.39, 0.29) is 23.2 Å². The summed E-state index contributed by atoms with van der Waals surface area (Å²) in [6, 6.07) is 11.5. The highest BCUT2D eigenvalue weighted by Crippen LogP contribution is 2.34. The first-order valence-electron chi connectivity index (χ1n) is 7.85. The van der Waals surface area contributed by atoms with E-state index in [2.05, 4.69) is 10.1 Å². The van der Waals surface area contributed by atoms with Crippen molar-refractivity contribution in [2.75, 3.05) is 11.5 Å². The second-order valence-electron chi connectivity index (χ2n) is 5.81. The van der Waals surface area contributed by atoms with E-state index in [9.17, 15) is 9.18 Å². The highest BCUT2D eigenvalue weighted by molar-refractivity contribution is 6.07. The van der Waals surface area contributed by atoms with Gasteiger partial charge in [-0.2, -0.15) is 5.10 Å². The van der Waals surface area contributed by atoms with Crippen molar-refractivity contribution in [2.24, 2.45) is 0 Å². The van der Waals surface area contributed by atoms with Crippen molar-refractivity contribution < 1.29 is 13.9 Å². The molecule has 1 atom stereocenters. The smallest absolute Gasteiger partial charge is 0.258 e. The Kier molecular flexibility index (Phi) is 3.68. The minimum Gasteiger partial charge on any atom is -0.489 e. The third-order valence-electron chi connectivity index (χ3n) is 4.12. The van der Waals surface area contributed by atoms with Crippen LogP contribution in [0.25, 0.3) is 5.69 Å². The summed E-state index contributed by atoms with van der Waals surface area (Å²) < 4.78 is 21.4. The number of carbonyl (C=O) groups excluding carboxylic acids is 1. The van der Waals surface area contributed by atoms with Crippen molar-refractivity contribution in [2.45, 2.75) is 13.0 Å². The second kappa shape index (κ2) is 6.01. The van der Waals surface area contributed by atoms with E-state index in [0.29, 0.717) is 18.0 Å². The molecular formula is C18H15FN4O2. The lowest BCUT2D eigenvalue weighted by Crippen LogP contribution is -2.45. The van der Waals surface area contributed by atoms with E-state index in [1.165, 1.54) is 29.5 Å². The average molecular weight is 338 g/mol. The number of fused-ring (bicyclic) bond motifs is 1. The lowest BCUT2D eigenvalue weighted by Gasteiger charge is -2.35. The molecule has 0 fully saturated rings. The number of ether oxygens (including phenoxy) is 1. The van der Waals surface area contributed by atoms with Gasteiger partial charge in [-0.05, 0) is 37.3 Å². The van der Waals surface area contributed by atoms with E-state index in [1.807, 2.05) is 31.2 Å². The summed E-state index contributed by atoms with van der Waals surface area (Å²) in [6.45, 7) is 2.29. The van der Waals surface area contributed by atoms with Gasteiger partial charge >= 0.3 is 0 Å². The molecule has 1 unspecified atom stereocenters. The molecule has 0 N–H and O–H groups in total. The van der Waals surface area contributed by atoms with Crippen LogP contribution in [-0.2, 0) is 0 Å². The van der Waals surface area contributed by atoms with Crippen LogP contribution in [-0.4, -0.2) is 33.3 Å². The zero-order chi connectivity index (χ0) is 17.4. The molecule has 6 nitrogen and oxygen atoms in total. The highest BCUT2D eigenvalue weighted by Gasteiger charge is 2.30. The molecule has 7 heteroatoms. The molecule has 4 rings (SSSR count). The summed E-state index contributed by atoms with van der Waals surface area (Å²) in [5.41, 5.74) is 1.20. The number of rotatable bonds is 2. The molecule has 1 amide bonds. The van der Waals surface area contributed by atoms with Crippen LogP contribution in [0.4, 0.5) is 10.1 Å². The first-order chi connectivity index (χ1) is 12.1. The maximum Gasteiger partial charge on any atom is 0.258 e. The quantitative estimate of drug-likeness (QED) is 0.721. The average Bonchev–Trinajstić information content (AvgIpc) is 3.15. The van der Waals surface area contributed by atoms with E-state index in [0.717, 1.165) is 0 Å². The van der Waals surface area contributed by atoms with Gasteiger partial charge in [-0.3, -0.25) is 9.69 Å². The topological polar surface area (TPSA) is 60.2 Å². The Morgan fingerprint density at radius 1 is 1.24 bits per heavy atom. The molecule has 0 saturated carbocycles. The maximum absolute atomic E-state index is 14.4. The van der Waals surface area contributed by atoms with Crippen LogP contribution in [0.15, 0.2) is 55.1 Å². The Labute approximate surface area is 143 Å². The molecule has 0 bridgehead atoms. The number of aromatic nitrogens is 3. The lowest BCUT2D eigenvalue weighted by molar-refractivity contribution is 0.0960. The summed E-state index contributed by atoms with van der Waals surface area (Å²) in [6.07, 6.45) is 2.73. The molecule has 25 heavy (non-hydrogen) atoms. The van der Waals surface area contributed by atoms with Gasteiger partial charge < -0.3 is 4.74 Å². The molecular weight excluding hydrogens is 323 g/mol. The zero-order valence-electron chi connectivity index (χ0n) is 13.5. The second-order valence-corrected chi connectivity index (χ2v) is 5.81. The predicted octanol–water partition coefficient (Wildman–Crippen LogP) is 2.83. The van der Waals surface area contributed by atoms with Crippen molar-refractivity contribution in [3.05, 3.63) is 66.5 Å². The molecule has 126 valence electrons. The van der Waals surface area contributed by atoms with Gasteiger partial charge in [0.15, 0.2) is 0 Å². The summed E-state index contributed by atoms with van der Waals surface area (Å²) >= 11 is 0. The Morgan fingerprint density at radius 3 is 2.84 bits per heavy atom. The third-order valence-corrected chi connectivity index (χ3v) is 4.12. The minimum absolute atomic E-state index is 0.152. The lowest BCUT2D eigenvalue weighted by atomic mass is 10.1. The Bertz CT molecular complexity index is 927. The van der Waals surface area contributed by atoms with E-state index in [4.69, 9.17) is 4.74 Å². The molecule has 2 aromatic carbocycles. The number of hydrogen-bond donors (Lipinski definition) is 0. The fourth-order valence-electron chi connectivity index (χ4n) is 2.91. The van der Waals surface area contributed by atoms with Gasteiger partial charge in [0, 0.05) is 5.56 Å². The van der Waals surface area contributed by atoms with Crippen molar-refractivity contribution in [1.82, 2.24) is 14.8 Å². The van der Waals surface area contributed by atoms with Gasteiger partial charge in [0.05, 0.1) is 11.7 Å². The van der Waals surface area contributed by atoms with Crippen molar-refractivity contribution in [1.29, 1.82) is 0 Å². The Hall–Kier alpha value is -3.22. The Balaban J connectivity index is 1.71. The molecule has 2 heterocycles. The van der Waals surface area contributed by atoms with E-state index in [1.54, 1.807) is 11.0 Å². The number of carbonyl (C=O) groups is 1. The molecule has 0 aliphatic carbocycles. The van der Waals surface area contributed by atoms with Crippen LogP contribution < -0.4 is 9.64 Å². The highest BCUT2D eigenvalue weighted by atomic mass is 19.1. The van der Waals surface area contributed by atoms with Crippen molar-refractivity contribution in [3.8, 4) is 11.4 Å². The number of hydrogen-bond acceptors (Lipinski definition) is 4. The third kappa shape index (κ3) is 2.63. The summed E-state index contributed by atoms with van der Waals surface area (Å²) in [4.78, 5) is 18.4. The molecule has 0 radical (unpaired) electrons. The van der Waals surface area contributed by atoms with Gasteiger partial charge in [-0.25, -0.2) is 14.1 Å². The van der Waals surface area contributed by atoms with E-state index < -0.39 is 5.82 Å². The van der Waals surface area contributed by atoms with Crippen LogP contribution in [0.2, 0.25) is 0 Å². The number of para-hydroxylation sites is 2. The van der Waals surface area contributed by atoms with Gasteiger partial charge in [-0.1, -0.05) is 12.1 Å².